The van der Waals surface area contributed by atoms with Crippen LogP contribution in [0.5, 0.6) is 23.0 Å². The number of methoxy groups -OCH3 is 2. The molecule has 234 valence electrons. The number of nitrogens with one attached hydrogen (secondary N) is 2. The van der Waals surface area contributed by atoms with E-state index >= 15 is 0 Å². The second kappa shape index (κ2) is 13.2. The molecule has 45 heavy (non-hydrogen) atoms. The van der Waals surface area contributed by atoms with Gasteiger partial charge in [-0.15, -0.1) is 0 Å². The summed E-state index contributed by atoms with van der Waals surface area (Å²) < 4.78 is 24.9. The molecule has 2 atom stereocenters. The molecule has 12 heteroatoms. The first kappa shape index (κ1) is 29.8. The van der Waals surface area contributed by atoms with Gasteiger partial charge in [-0.2, -0.15) is 5.10 Å². The van der Waals surface area contributed by atoms with E-state index < -0.39 is 12.1 Å². The van der Waals surface area contributed by atoms with E-state index in [-0.39, 0.29) is 56.9 Å². The van der Waals surface area contributed by atoms with Crippen LogP contribution in [0, 0.1) is 0 Å². The average Bonchev–Trinajstić information content (AvgIpc) is 3.64. The van der Waals surface area contributed by atoms with E-state index in [1.165, 1.54) is 7.11 Å². The number of nitrogens with zero attached hydrogens (tertiary/aromatic N) is 3. The van der Waals surface area contributed by atoms with Crippen LogP contribution in [0.2, 0.25) is 0 Å². The van der Waals surface area contributed by atoms with E-state index in [2.05, 4.69) is 15.7 Å². The summed E-state index contributed by atoms with van der Waals surface area (Å²) in [4.78, 5) is 40.8. The summed E-state index contributed by atoms with van der Waals surface area (Å²) in [7, 11) is 3.07. The number of amides is 3. The van der Waals surface area contributed by atoms with Crippen LogP contribution in [-0.4, -0.2) is 78.5 Å². The fraction of sp³-hybridized carbons (Fsp3) is 0.333. The van der Waals surface area contributed by atoms with Crippen molar-refractivity contribution < 1.29 is 33.3 Å². The van der Waals surface area contributed by atoms with Crippen molar-refractivity contribution in [3.8, 4) is 23.0 Å². The summed E-state index contributed by atoms with van der Waals surface area (Å²) in [6.45, 7) is 0.564. The van der Waals surface area contributed by atoms with Gasteiger partial charge in [0.15, 0.2) is 18.1 Å². The minimum Gasteiger partial charge on any atom is -0.496 e. The van der Waals surface area contributed by atoms with Crippen molar-refractivity contribution in [2.75, 3.05) is 33.9 Å². The number of rotatable bonds is 4. The molecule has 5 aliphatic heterocycles. The van der Waals surface area contributed by atoms with Gasteiger partial charge >= 0.3 is 0 Å². The molecule has 1 saturated heterocycles. The fourth-order valence-corrected chi connectivity index (χ4v) is 5.61. The zero-order valence-corrected chi connectivity index (χ0v) is 25.2. The van der Waals surface area contributed by atoms with Crippen molar-refractivity contribution in [3.05, 3.63) is 78.0 Å². The number of ether oxygens (including phenoxy) is 4. The second-order valence-electron chi connectivity index (χ2n) is 11.0. The van der Waals surface area contributed by atoms with Crippen molar-refractivity contribution in [2.45, 2.75) is 38.1 Å². The van der Waals surface area contributed by atoms with E-state index in [0.29, 0.717) is 29.4 Å². The Bertz CT molecular complexity index is 1690. The Morgan fingerprint density at radius 2 is 1.82 bits per heavy atom. The number of aromatic nitrogens is 2. The van der Waals surface area contributed by atoms with Gasteiger partial charge in [0.2, 0.25) is 11.8 Å². The Labute approximate surface area is 260 Å². The maximum Gasteiger partial charge on any atom is 0.258 e. The summed E-state index contributed by atoms with van der Waals surface area (Å²) in [5.74, 6) is 1.30. The predicted octanol–water partition coefficient (Wildman–Crippen LogP) is 2.47. The van der Waals surface area contributed by atoms with Gasteiger partial charge in [-0.05, 0) is 42.3 Å². The molecule has 4 bridgehead atoms. The largest absolute Gasteiger partial charge is 0.496 e. The number of hydrogen-bond acceptors (Lipinski definition) is 8. The lowest BCUT2D eigenvalue weighted by Crippen LogP contribution is -2.47. The van der Waals surface area contributed by atoms with Gasteiger partial charge in [0, 0.05) is 42.7 Å². The van der Waals surface area contributed by atoms with E-state index in [4.69, 9.17) is 18.9 Å². The fourth-order valence-electron chi connectivity index (χ4n) is 5.61. The summed E-state index contributed by atoms with van der Waals surface area (Å²) in [5, 5.41) is 11.4. The first-order valence-electron chi connectivity index (χ1n) is 14.8. The molecule has 0 saturated carbocycles. The topological polar surface area (TPSA) is 133 Å². The smallest absolute Gasteiger partial charge is 0.258 e. The Morgan fingerprint density at radius 1 is 0.978 bits per heavy atom. The Hall–Kier alpha value is -5.26. The van der Waals surface area contributed by atoms with E-state index in [0.717, 1.165) is 22.0 Å². The highest BCUT2D eigenvalue weighted by molar-refractivity contribution is 5.81. The number of aryl methyl sites for hydroxylation is 1. The molecule has 3 amide bonds. The van der Waals surface area contributed by atoms with Crippen molar-refractivity contribution >= 4 is 28.6 Å². The third-order valence-corrected chi connectivity index (χ3v) is 7.97. The van der Waals surface area contributed by atoms with Crippen molar-refractivity contribution in [2.24, 2.45) is 0 Å². The molecular formula is C33H35N5O7. The molecule has 0 unspecified atom stereocenters. The lowest BCUT2D eigenvalue weighted by atomic mass is 10.1. The summed E-state index contributed by atoms with van der Waals surface area (Å²) in [6, 6.07) is 17.9. The van der Waals surface area contributed by atoms with Crippen LogP contribution in [0.25, 0.3) is 10.9 Å². The van der Waals surface area contributed by atoms with E-state index in [1.807, 2.05) is 42.6 Å². The van der Waals surface area contributed by atoms with Gasteiger partial charge in [0.05, 0.1) is 32.3 Å². The van der Waals surface area contributed by atoms with Gasteiger partial charge in [0.25, 0.3) is 5.91 Å². The van der Waals surface area contributed by atoms with Crippen LogP contribution >= 0.6 is 0 Å². The molecule has 12 nitrogen and oxygen atoms in total. The lowest BCUT2D eigenvalue weighted by Gasteiger charge is -2.22. The highest BCUT2D eigenvalue weighted by Gasteiger charge is 2.38. The molecule has 1 fully saturated rings. The summed E-state index contributed by atoms with van der Waals surface area (Å²) >= 11 is 0. The van der Waals surface area contributed by atoms with E-state index in [1.54, 1.807) is 41.0 Å². The molecule has 3 aromatic carbocycles. The molecule has 0 radical (unpaired) electrons. The van der Waals surface area contributed by atoms with Crippen LogP contribution in [0.1, 0.15) is 17.5 Å². The first-order valence-corrected chi connectivity index (χ1v) is 14.8. The molecule has 0 aliphatic carbocycles. The highest BCUT2D eigenvalue weighted by Crippen LogP contribution is 2.30. The molecular weight excluding hydrogens is 578 g/mol. The van der Waals surface area contributed by atoms with Gasteiger partial charge in [-0.3, -0.25) is 19.1 Å². The number of carbonyl (C=O) groups excluding carboxylic acids is 3. The predicted molar refractivity (Wildman–Crippen MR) is 164 cm³/mol. The van der Waals surface area contributed by atoms with Crippen LogP contribution in [0.15, 0.2) is 66.9 Å². The third kappa shape index (κ3) is 6.95. The maximum absolute atomic E-state index is 13.4. The molecule has 5 aliphatic rings. The number of benzene rings is 3. The quantitative estimate of drug-likeness (QED) is 0.359. The monoisotopic (exact) mass is 613 g/mol. The summed E-state index contributed by atoms with van der Waals surface area (Å²) in [5.41, 5.74) is 2.49. The Morgan fingerprint density at radius 3 is 2.64 bits per heavy atom. The Kier molecular flexibility index (Phi) is 8.72. The lowest BCUT2D eigenvalue weighted by molar-refractivity contribution is -0.131. The Balaban J connectivity index is 1.24. The van der Waals surface area contributed by atoms with Gasteiger partial charge in [0.1, 0.15) is 24.1 Å². The minimum absolute atomic E-state index is 0.0508. The third-order valence-electron chi connectivity index (χ3n) is 7.97. The molecule has 0 spiro atoms. The van der Waals surface area contributed by atoms with Crippen molar-refractivity contribution in [1.82, 2.24) is 25.3 Å². The zero-order chi connectivity index (χ0) is 31.3. The van der Waals surface area contributed by atoms with Crippen LogP contribution in [-0.2, 0) is 33.9 Å². The number of hydrogen-bond donors (Lipinski definition) is 2. The molecule has 1 aromatic heterocycles. The van der Waals surface area contributed by atoms with Crippen molar-refractivity contribution in [3.63, 3.8) is 0 Å². The SMILES string of the molecule is COc1cc2ccc1CNC(=O)CCc1ccc(c(OC)c1)OCC(=O)N[C@@H]1CN(C(=O)Cn3cc4ccccc4n3)C[C@H]1O2. The van der Waals surface area contributed by atoms with Crippen LogP contribution in [0.4, 0.5) is 0 Å². The number of likely N-dealkylation sites (tertiary alicyclic amines) is 1. The van der Waals surface area contributed by atoms with Gasteiger partial charge in [-0.1, -0.05) is 24.3 Å². The van der Waals surface area contributed by atoms with Crippen molar-refractivity contribution in [1.29, 1.82) is 0 Å². The van der Waals surface area contributed by atoms with Crippen LogP contribution < -0.4 is 29.6 Å². The normalized spacial score (nSPS) is 18.8. The van der Waals surface area contributed by atoms with E-state index in [9.17, 15) is 14.4 Å². The standard InChI is InChI=1S/C33H35N5O7/c1-42-28-14-24-10-9-22(28)15-34-31(39)12-8-21-7-11-27(29(13-21)43-2)44-20-32(40)35-26-17-37(18-30(26)45-24)33(41)19-38-16-23-5-3-4-6-25(23)36-38/h3-7,9-11,13-14,16,26,30H,8,12,15,17-20H2,1-2H3,(H,34,39)(H,35,40)/t26-,30-/m1/s1. The zero-order valence-electron chi connectivity index (χ0n) is 25.2. The molecule has 9 rings (SSSR count). The van der Waals surface area contributed by atoms with Gasteiger partial charge < -0.3 is 34.5 Å². The summed E-state index contributed by atoms with van der Waals surface area (Å²) in [6.07, 6.45) is 2.07. The molecule has 2 N–H and O–H groups in total. The molecule has 4 aromatic rings. The van der Waals surface area contributed by atoms with Crippen LogP contribution in [0.3, 0.4) is 0 Å². The highest BCUT2D eigenvalue weighted by atomic mass is 16.5. The maximum atomic E-state index is 13.4. The first-order chi connectivity index (χ1) is 21.9. The second-order valence-corrected chi connectivity index (χ2v) is 11.0. The molecule has 6 heterocycles. The number of carbonyl (C=O) groups is 3. The number of fused-ring (bicyclic) bond motifs is 1. The minimum atomic E-state index is -0.552. The van der Waals surface area contributed by atoms with Gasteiger partial charge in [-0.25, -0.2) is 0 Å². The average molecular weight is 614 g/mol.